The highest BCUT2D eigenvalue weighted by Crippen LogP contribution is 2.26. The molecule has 0 fully saturated rings. The number of aromatic nitrogens is 5. The van der Waals surface area contributed by atoms with Crippen molar-refractivity contribution >= 4 is 9.84 Å². The Morgan fingerprint density at radius 1 is 1.06 bits per heavy atom. The maximum Gasteiger partial charge on any atom is 0.246 e. The standard InChI is InChI=1S/C23H22N6O2S/c1-32(30,31)23-25-13-18-14-28(12-9-21(18)26-23)15-19-16-29(20-5-3-2-4-6-20)27-22(19)17-7-10-24-11-8-17/h2-8,10-11,13,16H,9,12,14-15H2,1H3. The number of pyridine rings is 1. The van der Waals surface area contributed by atoms with Crippen LogP contribution >= 0.6 is 0 Å². The molecule has 0 spiro atoms. The van der Waals surface area contributed by atoms with Gasteiger partial charge in [0.2, 0.25) is 15.0 Å². The molecule has 0 aliphatic carbocycles. The van der Waals surface area contributed by atoms with Crippen molar-refractivity contribution in [1.29, 1.82) is 0 Å². The predicted molar refractivity (Wildman–Crippen MR) is 120 cm³/mol. The van der Waals surface area contributed by atoms with Gasteiger partial charge < -0.3 is 0 Å². The maximum absolute atomic E-state index is 11.8. The molecule has 4 heterocycles. The minimum Gasteiger partial charge on any atom is -0.294 e. The van der Waals surface area contributed by atoms with Crippen LogP contribution < -0.4 is 0 Å². The number of fused-ring (bicyclic) bond motifs is 1. The molecule has 0 saturated carbocycles. The molecule has 3 aromatic heterocycles. The molecule has 0 saturated heterocycles. The molecule has 1 aromatic carbocycles. The Morgan fingerprint density at radius 2 is 1.84 bits per heavy atom. The maximum atomic E-state index is 11.8. The summed E-state index contributed by atoms with van der Waals surface area (Å²) < 4.78 is 25.4. The zero-order valence-electron chi connectivity index (χ0n) is 17.6. The van der Waals surface area contributed by atoms with Crippen LogP contribution in [0.25, 0.3) is 16.9 Å². The van der Waals surface area contributed by atoms with E-state index in [9.17, 15) is 8.42 Å². The number of nitrogens with zero attached hydrogens (tertiary/aromatic N) is 6. The monoisotopic (exact) mass is 446 g/mol. The first-order valence-electron chi connectivity index (χ1n) is 10.3. The average molecular weight is 447 g/mol. The fraction of sp³-hybridized carbons (Fsp3) is 0.217. The second-order valence-electron chi connectivity index (χ2n) is 7.88. The van der Waals surface area contributed by atoms with Gasteiger partial charge in [-0.3, -0.25) is 9.88 Å². The smallest absolute Gasteiger partial charge is 0.246 e. The summed E-state index contributed by atoms with van der Waals surface area (Å²) in [7, 11) is -3.41. The van der Waals surface area contributed by atoms with Crippen molar-refractivity contribution in [1.82, 2.24) is 29.6 Å². The van der Waals surface area contributed by atoms with Gasteiger partial charge in [0.25, 0.3) is 0 Å². The van der Waals surface area contributed by atoms with Crippen LogP contribution in [-0.4, -0.2) is 50.9 Å². The Balaban J connectivity index is 1.45. The van der Waals surface area contributed by atoms with Gasteiger partial charge in [0, 0.05) is 73.8 Å². The molecule has 32 heavy (non-hydrogen) atoms. The molecular formula is C23H22N6O2S. The van der Waals surface area contributed by atoms with Gasteiger partial charge in [-0.15, -0.1) is 0 Å². The Kier molecular flexibility index (Phi) is 5.28. The van der Waals surface area contributed by atoms with Crippen molar-refractivity contribution in [3.8, 4) is 16.9 Å². The SMILES string of the molecule is CS(=O)(=O)c1ncc2c(n1)CCN(Cc1cn(-c3ccccc3)nc1-c1ccncc1)C2. The number of para-hydroxylation sites is 1. The van der Waals surface area contributed by atoms with Gasteiger partial charge in [-0.25, -0.2) is 23.1 Å². The first kappa shape index (κ1) is 20.5. The average Bonchev–Trinajstić information content (AvgIpc) is 3.23. The normalized spacial score (nSPS) is 14.3. The van der Waals surface area contributed by atoms with Crippen LogP contribution in [0.5, 0.6) is 0 Å². The zero-order valence-corrected chi connectivity index (χ0v) is 18.4. The van der Waals surface area contributed by atoms with Crippen molar-refractivity contribution < 1.29 is 8.42 Å². The summed E-state index contributed by atoms with van der Waals surface area (Å²) >= 11 is 0. The molecule has 1 aliphatic heterocycles. The fourth-order valence-electron chi connectivity index (χ4n) is 3.90. The van der Waals surface area contributed by atoms with Crippen molar-refractivity contribution in [2.45, 2.75) is 24.7 Å². The minimum absolute atomic E-state index is 0.103. The van der Waals surface area contributed by atoms with Crippen LogP contribution in [0.1, 0.15) is 16.8 Å². The summed E-state index contributed by atoms with van der Waals surface area (Å²) in [5, 5.41) is 4.77. The molecule has 9 heteroatoms. The molecule has 0 bridgehead atoms. The second kappa shape index (κ2) is 8.25. The third kappa shape index (κ3) is 4.17. The molecule has 4 aromatic rings. The Bertz CT molecular complexity index is 1350. The number of sulfone groups is 1. The first-order valence-corrected chi connectivity index (χ1v) is 12.2. The van der Waals surface area contributed by atoms with Crippen LogP contribution in [0.3, 0.4) is 0 Å². The molecule has 1 aliphatic rings. The number of hydrogen-bond donors (Lipinski definition) is 0. The molecule has 0 unspecified atom stereocenters. The molecule has 162 valence electrons. The summed E-state index contributed by atoms with van der Waals surface area (Å²) in [6.07, 6.45) is 9.07. The van der Waals surface area contributed by atoms with E-state index in [4.69, 9.17) is 5.10 Å². The third-order valence-corrected chi connectivity index (χ3v) is 6.34. The van der Waals surface area contributed by atoms with Gasteiger partial charge in [0.1, 0.15) is 0 Å². The molecule has 0 atom stereocenters. The van der Waals surface area contributed by atoms with Gasteiger partial charge in [-0.05, 0) is 24.3 Å². The summed E-state index contributed by atoms with van der Waals surface area (Å²) in [6.45, 7) is 2.14. The molecule has 8 nitrogen and oxygen atoms in total. The van der Waals surface area contributed by atoms with E-state index in [1.54, 1.807) is 18.6 Å². The zero-order chi connectivity index (χ0) is 22.1. The van der Waals surface area contributed by atoms with E-state index in [1.807, 2.05) is 47.1 Å². The predicted octanol–water partition coefficient (Wildman–Crippen LogP) is 2.69. The lowest BCUT2D eigenvalue weighted by Crippen LogP contribution is -2.31. The van der Waals surface area contributed by atoms with E-state index >= 15 is 0 Å². The largest absolute Gasteiger partial charge is 0.294 e. The van der Waals surface area contributed by atoms with Crippen LogP contribution in [0.4, 0.5) is 0 Å². The fourth-order valence-corrected chi connectivity index (χ4v) is 4.42. The topological polar surface area (TPSA) is 93.9 Å². The van der Waals surface area contributed by atoms with Crippen molar-refractivity contribution in [3.05, 3.63) is 84.1 Å². The molecule has 0 amide bonds. The van der Waals surface area contributed by atoms with E-state index in [0.29, 0.717) is 19.5 Å². The highest BCUT2D eigenvalue weighted by Gasteiger charge is 2.23. The highest BCUT2D eigenvalue weighted by atomic mass is 32.2. The second-order valence-corrected chi connectivity index (χ2v) is 9.79. The first-order chi connectivity index (χ1) is 15.5. The van der Waals surface area contributed by atoms with Crippen LogP contribution in [0.15, 0.2) is 72.4 Å². The van der Waals surface area contributed by atoms with E-state index in [2.05, 4.69) is 26.0 Å². The van der Waals surface area contributed by atoms with Crippen LogP contribution in [0, 0.1) is 0 Å². The lowest BCUT2D eigenvalue weighted by Gasteiger charge is -2.27. The summed E-state index contributed by atoms with van der Waals surface area (Å²) in [4.78, 5) is 14.8. The third-order valence-electron chi connectivity index (χ3n) is 5.48. The summed E-state index contributed by atoms with van der Waals surface area (Å²) in [6, 6.07) is 14.0. The lowest BCUT2D eigenvalue weighted by atomic mass is 10.1. The molecule has 0 N–H and O–H groups in total. The molecule has 0 radical (unpaired) electrons. The van der Waals surface area contributed by atoms with E-state index < -0.39 is 9.84 Å². The van der Waals surface area contributed by atoms with Crippen molar-refractivity contribution in [3.63, 3.8) is 0 Å². The molecule has 5 rings (SSSR count). The molecular weight excluding hydrogens is 424 g/mol. The lowest BCUT2D eigenvalue weighted by molar-refractivity contribution is 0.242. The van der Waals surface area contributed by atoms with Crippen LogP contribution in [-0.2, 0) is 29.3 Å². The van der Waals surface area contributed by atoms with E-state index in [1.165, 1.54) is 0 Å². The summed E-state index contributed by atoms with van der Waals surface area (Å²) in [5.41, 5.74) is 5.82. The highest BCUT2D eigenvalue weighted by molar-refractivity contribution is 7.90. The van der Waals surface area contributed by atoms with Gasteiger partial charge >= 0.3 is 0 Å². The summed E-state index contributed by atoms with van der Waals surface area (Å²) in [5.74, 6) is 0. The van der Waals surface area contributed by atoms with Crippen LogP contribution in [0.2, 0.25) is 0 Å². The number of rotatable bonds is 5. The minimum atomic E-state index is -3.41. The van der Waals surface area contributed by atoms with E-state index in [-0.39, 0.29) is 5.16 Å². The van der Waals surface area contributed by atoms with Crippen molar-refractivity contribution in [2.75, 3.05) is 12.8 Å². The Morgan fingerprint density at radius 3 is 2.59 bits per heavy atom. The Labute approximate surface area is 186 Å². The van der Waals surface area contributed by atoms with Crippen molar-refractivity contribution in [2.24, 2.45) is 0 Å². The Hall–Kier alpha value is -3.43. The number of benzene rings is 1. The quantitative estimate of drug-likeness (QED) is 0.435. The van der Waals surface area contributed by atoms with E-state index in [0.717, 1.165) is 46.6 Å². The van der Waals surface area contributed by atoms with Gasteiger partial charge in [0.15, 0.2) is 0 Å². The van der Waals surface area contributed by atoms with Gasteiger partial charge in [-0.1, -0.05) is 18.2 Å². The van der Waals surface area contributed by atoms with Gasteiger partial charge in [0.05, 0.1) is 17.1 Å². The number of hydrogen-bond acceptors (Lipinski definition) is 7. The van der Waals surface area contributed by atoms with Gasteiger partial charge in [-0.2, -0.15) is 5.10 Å².